The van der Waals surface area contributed by atoms with E-state index in [-0.39, 0.29) is 19.0 Å². The summed E-state index contributed by atoms with van der Waals surface area (Å²) in [6, 6.07) is 15.4. The molecule has 5 N–H and O–H groups in total. The van der Waals surface area contributed by atoms with Crippen molar-refractivity contribution in [1.82, 2.24) is 10.6 Å². The van der Waals surface area contributed by atoms with E-state index < -0.39 is 21.3 Å². The van der Waals surface area contributed by atoms with Gasteiger partial charge in [0, 0.05) is 24.3 Å². The number of sulfonamides is 1. The van der Waals surface area contributed by atoms with Crippen LogP contribution in [-0.4, -0.2) is 32.2 Å². The van der Waals surface area contributed by atoms with Gasteiger partial charge in [0.25, 0.3) is 5.91 Å². The monoisotopic (exact) mass is 390 g/mol. The summed E-state index contributed by atoms with van der Waals surface area (Å²) in [5.41, 5.74) is 1.92. The van der Waals surface area contributed by atoms with Gasteiger partial charge in [0.1, 0.15) is 0 Å². The lowest BCUT2D eigenvalue weighted by Crippen LogP contribution is -2.42. The average Bonchev–Trinajstić information content (AvgIpc) is 2.64. The van der Waals surface area contributed by atoms with Gasteiger partial charge < -0.3 is 16.0 Å². The predicted molar refractivity (Wildman–Crippen MR) is 104 cm³/mol. The number of nitrogens with one attached hydrogen (secondary N) is 3. The van der Waals surface area contributed by atoms with Crippen molar-refractivity contribution in [1.29, 1.82) is 0 Å². The summed E-state index contributed by atoms with van der Waals surface area (Å²) in [4.78, 5) is 23.9. The highest BCUT2D eigenvalue weighted by Gasteiger charge is 2.16. The van der Waals surface area contributed by atoms with Crippen molar-refractivity contribution >= 4 is 27.6 Å². The van der Waals surface area contributed by atoms with Crippen molar-refractivity contribution < 1.29 is 18.0 Å². The molecule has 0 aliphatic heterocycles. The van der Waals surface area contributed by atoms with Crippen LogP contribution in [0.25, 0.3) is 0 Å². The lowest BCUT2D eigenvalue weighted by molar-refractivity contribution is 0.102. The van der Waals surface area contributed by atoms with Gasteiger partial charge in [0.15, 0.2) is 0 Å². The minimum atomic E-state index is -3.69. The van der Waals surface area contributed by atoms with Crippen molar-refractivity contribution in [2.45, 2.75) is 18.7 Å². The first-order valence-electron chi connectivity index (χ1n) is 8.24. The summed E-state index contributed by atoms with van der Waals surface area (Å²) >= 11 is 0. The zero-order valence-corrected chi connectivity index (χ0v) is 15.6. The Bertz CT molecular complexity index is 901. The molecular formula is C18H22N4O4S. The molecule has 0 spiro atoms. The van der Waals surface area contributed by atoms with E-state index in [2.05, 4.69) is 16.0 Å². The minimum absolute atomic E-state index is 0.0855. The number of carbonyl (C=O) groups is 2. The highest BCUT2D eigenvalue weighted by Crippen LogP contribution is 2.12. The maximum absolute atomic E-state index is 12.2. The van der Waals surface area contributed by atoms with Gasteiger partial charge in [-0.3, -0.25) is 4.79 Å². The van der Waals surface area contributed by atoms with Gasteiger partial charge in [-0.25, -0.2) is 18.4 Å². The van der Waals surface area contributed by atoms with Crippen LogP contribution in [0.1, 0.15) is 22.8 Å². The second-order valence-electron chi connectivity index (χ2n) is 5.98. The fraction of sp³-hybridized carbons (Fsp3) is 0.222. The number of urea groups is 1. The summed E-state index contributed by atoms with van der Waals surface area (Å²) in [6.45, 7) is 1.54. The molecule has 0 saturated heterocycles. The van der Waals surface area contributed by atoms with E-state index in [1.165, 1.54) is 6.92 Å². The van der Waals surface area contributed by atoms with Gasteiger partial charge in [-0.05, 0) is 36.8 Å². The van der Waals surface area contributed by atoms with Crippen LogP contribution in [-0.2, 0) is 16.6 Å². The molecule has 0 fully saturated rings. The molecule has 27 heavy (non-hydrogen) atoms. The molecular weight excluding hydrogens is 368 g/mol. The molecule has 0 saturated carbocycles. The van der Waals surface area contributed by atoms with E-state index >= 15 is 0 Å². The molecule has 1 atom stereocenters. The third-order valence-corrected chi connectivity index (χ3v) is 5.07. The second-order valence-corrected chi connectivity index (χ2v) is 7.97. The number of hydrogen-bond acceptors (Lipinski definition) is 4. The lowest BCUT2D eigenvalue weighted by atomic mass is 10.1. The van der Waals surface area contributed by atoms with Crippen LogP contribution in [0.2, 0.25) is 0 Å². The van der Waals surface area contributed by atoms with E-state index in [1.807, 2.05) is 6.07 Å². The van der Waals surface area contributed by atoms with Crippen LogP contribution in [0.4, 0.5) is 10.5 Å². The van der Waals surface area contributed by atoms with Crippen molar-refractivity contribution in [3.8, 4) is 0 Å². The molecule has 0 bridgehead atoms. The highest BCUT2D eigenvalue weighted by molar-refractivity contribution is 7.89. The molecule has 0 aliphatic rings. The molecule has 2 aromatic rings. The minimum Gasteiger partial charge on any atom is -0.337 e. The van der Waals surface area contributed by atoms with Crippen LogP contribution < -0.4 is 21.1 Å². The van der Waals surface area contributed by atoms with Crippen LogP contribution in [0.5, 0.6) is 0 Å². The van der Waals surface area contributed by atoms with Crippen molar-refractivity contribution in [3.05, 3.63) is 65.7 Å². The number of primary sulfonamides is 1. The van der Waals surface area contributed by atoms with Crippen LogP contribution in [0.3, 0.4) is 0 Å². The Morgan fingerprint density at radius 3 is 2.41 bits per heavy atom. The molecule has 1 unspecified atom stereocenters. The Morgan fingerprint density at radius 2 is 1.74 bits per heavy atom. The van der Waals surface area contributed by atoms with E-state index in [1.54, 1.807) is 48.5 Å². The van der Waals surface area contributed by atoms with Crippen molar-refractivity contribution in [3.63, 3.8) is 0 Å². The highest BCUT2D eigenvalue weighted by atomic mass is 32.2. The number of anilines is 1. The van der Waals surface area contributed by atoms with Crippen LogP contribution in [0.15, 0.2) is 54.6 Å². The first kappa shape index (κ1) is 20.4. The molecule has 0 aromatic heterocycles. The number of carbonyl (C=O) groups excluding carboxylic acids is 2. The topological polar surface area (TPSA) is 130 Å². The maximum Gasteiger partial charge on any atom is 0.315 e. The van der Waals surface area contributed by atoms with E-state index in [0.29, 0.717) is 11.3 Å². The molecule has 0 heterocycles. The van der Waals surface area contributed by atoms with E-state index in [0.717, 1.165) is 5.56 Å². The summed E-state index contributed by atoms with van der Waals surface area (Å²) in [7, 11) is -3.69. The molecule has 9 heteroatoms. The molecule has 2 aromatic carbocycles. The largest absolute Gasteiger partial charge is 0.337 e. The van der Waals surface area contributed by atoms with Gasteiger partial charge in [-0.15, -0.1) is 0 Å². The summed E-state index contributed by atoms with van der Waals surface area (Å²) < 4.78 is 22.2. The number of benzene rings is 2. The lowest BCUT2D eigenvalue weighted by Gasteiger charge is -2.12. The van der Waals surface area contributed by atoms with Crippen molar-refractivity contribution in [2.24, 2.45) is 5.14 Å². The van der Waals surface area contributed by atoms with Gasteiger partial charge >= 0.3 is 6.03 Å². The molecule has 3 amide bonds. The normalized spacial score (nSPS) is 12.1. The predicted octanol–water partition coefficient (Wildman–Crippen LogP) is 1.42. The Morgan fingerprint density at radius 1 is 1.04 bits per heavy atom. The van der Waals surface area contributed by atoms with Gasteiger partial charge in [0.05, 0.1) is 5.25 Å². The average molecular weight is 390 g/mol. The van der Waals surface area contributed by atoms with Crippen LogP contribution >= 0.6 is 0 Å². The zero-order valence-electron chi connectivity index (χ0n) is 14.8. The van der Waals surface area contributed by atoms with Gasteiger partial charge in [-0.2, -0.15) is 0 Å². The Labute approximate surface area is 158 Å². The standard InChI is InChI=1S/C18H22N4O4S/c1-13(27(19,25)26)11-20-18(24)21-12-14-6-5-9-16(10-14)22-17(23)15-7-3-2-4-8-15/h2-10,13H,11-12H2,1H3,(H,22,23)(H2,19,25,26)(H2,20,21,24). The molecule has 144 valence electrons. The summed E-state index contributed by atoms with van der Waals surface area (Å²) in [5.74, 6) is -0.226. The molecule has 2 rings (SSSR count). The smallest absolute Gasteiger partial charge is 0.315 e. The zero-order chi connectivity index (χ0) is 19.9. The Balaban J connectivity index is 1.86. The number of nitrogens with two attached hydrogens (primary N) is 1. The molecule has 8 nitrogen and oxygen atoms in total. The van der Waals surface area contributed by atoms with Gasteiger partial charge in [-0.1, -0.05) is 30.3 Å². The SMILES string of the molecule is CC(CNC(=O)NCc1cccc(NC(=O)c2ccccc2)c1)S(N)(=O)=O. The Kier molecular flexibility index (Phi) is 6.91. The molecule has 0 aliphatic carbocycles. The maximum atomic E-state index is 12.2. The van der Waals surface area contributed by atoms with E-state index in [9.17, 15) is 18.0 Å². The first-order chi connectivity index (χ1) is 12.8. The fourth-order valence-electron chi connectivity index (χ4n) is 2.15. The molecule has 0 radical (unpaired) electrons. The quantitative estimate of drug-likeness (QED) is 0.569. The third kappa shape index (κ3) is 6.72. The summed E-state index contributed by atoms with van der Waals surface area (Å²) in [6.07, 6.45) is 0. The number of hydrogen-bond donors (Lipinski definition) is 4. The fourth-order valence-corrected chi connectivity index (χ4v) is 2.46. The summed E-state index contributed by atoms with van der Waals surface area (Å²) in [5, 5.41) is 12.0. The Hall–Kier alpha value is -2.91. The second kappa shape index (κ2) is 9.15. The van der Waals surface area contributed by atoms with Crippen molar-refractivity contribution in [2.75, 3.05) is 11.9 Å². The first-order valence-corrected chi connectivity index (χ1v) is 9.85. The van der Waals surface area contributed by atoms with Crippen LogP contribution in [0, 0.1) is 0 Å². The van der Waals surface area contributed by atoms with Gasteiger partial charge in [0.2, 0.25) is 10.0 Å². The number of amides is 3. The number of rotatable bonds is 7. The third-order valence-electron chi connectivity index (χ3n) is 3.78. The van der Waals surface area contributed by atoms with E-state index in [4.69, 9.17) is 5.14 Å².